The van der Waals surface area contributed by atoms with Crippen molar-refractivity contribution in [1.29, 1.82) is 5.41 Å². The third-order valence-electron chi connectivity index (χ3n) is 5.37. The van der Waals surface area contributed by atoms with Gasteiger partial charge in [0.15, 0.2) is 5.96 Å². The molecule has 0 aliphatic carbocycles. The molecule has 5 amide bonds. The Morgan fingerprint density at radius 1 is 0.971 bits per heavy atom. The number of aliphatic hydroxyl groups is 1. The van der Waals surface area contributed by atoms with Crippen LogP contribution < -0.4 is 48.7 Å². The van der Waals surface area contributed by atoms with Crippen LogP contribution in [0.15, 0.2) is 11.8 Å². The second-order valence-electron chi connectivity index (χ2n) is 7.88. The van der Waals surface area contributed by atoms with Gasteiger partial charge >= 0.3 is 0 Å². The Morgan fingerprint density at radius 3 is 2.26 bits per heavy atom. The van der Waals surface area contributed by atoms with E-state index in [1.807, 2.05) is 0 Å². The minimum absolute atomic E-state index is 0.0392. The number of rotatable bonds is 3. The first-order valence-electron chi connectivity index (χ1n) is 10.9. The number of guanidine groups is 1. The summed E-state index contributed by atoms with van der Waals surface area (Å²) in [4.78, 5) is 63.4. The second kappa shape index (κ2) is 12.6. The van der Waals surface area contributed by atoms with E-state index < -0.39 is 66.4 Å². The molecule has 2 aliphatic heterocycles. The van der Waals surface area contributed by atoms with E-state index in [9.17, 15) is 29.1 Å². The van der Waals surface area contributed by atoms with Gasteiger partial charge in [0.25, 0.3) is 5.91 Å². The Labute approximate surface area is 200 Å². The Balaban J connectivity index is 2.37. The second-order valence-corrected chi connectivity index (χ2v) is 7.88. The van der Waals surface area contributed by atoms with E-state index in [-0.39, 0.29) is 24.7 Å². The predicted octanol–water partition coefficient (Wildman–Crippen LogP) is -6.24. The standard InChI is InChI=1S/C19H32N10O6/c1-2-9-15(32)29-13(10-3-4-23-19(22)28-10)18(35)24-6-8(21)14(31)27-12(7-30)17(34)26-11(5-20)16(33)25-9/h2,8,10-13,30H,3-7,20-21H2,1H3,(H,24,35)(H,25,33)(H,26,34)(H,27,31)(H,29,32)(H3,22,23,28)/b9-2-/t8?,10?,11-,12-,13-/m0/s1. The van der Waals surface area contributed by atoms with Gasteiger partial charge in [-0.1, -0.05) is 6.08 Å². The van der Waals surface area contributed by atoms with Crippen molar-refractivity contribution in [2.24, 2.45) is 11.5 Å². The van der Waals surface area contributed by atoms with Crippen LogP contribution >= 0.6 is 0 Å². The summed E-state index contributed by atoms with van der Waals surface area (Å²) < 4.78 is 0. The van der Waals surface area contributed by atoms with Crippen LogP contribution in [-0.4, -0.2) is 97.1 Å². The fourth-order valence-corrected chi connectivity index (χ4v) is 3.35. The van der Waals surface area contributed by atoms with Gasteiger partial charge in [-0.05, 0) is 13.3 Å². The summed E-state index contributed by atoms with van der Waals surface area (Å²) >= 11 is 0. The quantitative estimate of drug-likeness (QED) is 0.165. The number of carbonyl (C=O) groups is 5. The molecule has 2 fully saturated rings. The van der Waals surface area contributed by atoms with Crippen molar-refractivity contribution in [3.63, 3.8) is 0 Å². The van der Waals surface area contributed by atoms with Crippen LogP contribution in [-0.2, 0) is 24.0 Å². The van der Waals surface area contributed by atoms with Crippen molar-refractivity contribution < 1.29 is 29.1 Å². The number of allylic oxidation sites excluding steroid dienone is 1. The van der Waals surface area contributed by atoms with Crippen LogP contribution in [0.5, 0.6) is 0 Å². The van der Waals surface area contributed by atoms with Gasteiger partial charge in [-0.2, -0.15) is 0 Å². The first kappa shape index (κ1) is 27.5. The number of nitrogens with two attached hydrogens (primary N) is 2. The van der Waals surface area contributed by atoms with Crippen LogP contribution in [0.3, 0.4) is 0 Å². The molecular formula is C19H32N10O6. The van der Waals surface area contributed by atoms with E-state index in [2.05, 4.69) is 37.2 Å². The van der Waals surface area contributed by atoms with Crippen molar-refractivity contribution >= 4 is 35.5 Å². The molecule has 0 aromatic heterocycles. The molecule has 2 rings (SSSR count). The third kappa shape index (κ3) is 7.36. The molecule has 0 spiro atoms. The summed E-state index contributed by atoms with van der Waals surface area (Å²) in [6, 6.07) is -5.93. The minimum atomic E-state index is -1.44. The summed E-state index contributed by atoms with van der Waals surface area (Å²) in [5, 5.41) is 34.7. The highest BCUT2D eigenvalue weighted by Crippen LogP contribution is 2.05. The SMILES string of the molecule is C/C=C1\NC(=O)[C@H](CN)NC(=O)[C@H](CO)NC(=O)C(N)CNC(=O)[C@H](C2CCNC(=N)N2)NC1=O. The summed E-state index contributed by atoms with van der Waals surface area (Å²) in [6.45, 7) is 0.346. The van der Waals surface area contributed by atoms with Gasteiger partial charge in [0.2, 0.25) is 23.6 Å². The van der Waals surface area contributed by atoms with Crippen molar-refractivity contribution in [3.8, 4) is 0 Å². The molecule has 0 saturated carbocycles. The lowest BCUT2D eigenvalue weighted by molar-refractivity contribution is -0.133. The maximum Gasteiger partial charge on any atom is 0.268 e. The smallest absolute Gasteiger partial charge is 0.268 e. The molecular weight excluding hydrogens is 464 g/mol. The number of nitrogens with one attached hydrogen (secondary N) is 8. The van der Waals surface area contributed by atoms with Gasteiger partial charge in [0, 0.05) is 19.6 Å². The van der Waals surface area contributed by atoms with Gasteiger partial charge < -0.3 is 53.8 Å². The van der Waals surface area contributed by atoms with Crippen LogP contribution in [0.25, 0.3) is 0 Å². The molecule has 35 heavy (non-hydrogen) atoms. The van der Waals surface area contributed by atoms with Crippen LogP contribution in [0.2, 0.25) is 0 Å². The minimum Gasteiger partial charge on any atom is -0.394 e. The summed E-state index contributed by atoms with van der Waals surface area (Å²) in [5.74, 6) is -4.13. The Morgan fingerprint density at radius 2 is 1.66 bits per heavy atom. The first-order chi connectivity index (χ1) is 16.6. The van der Waals surface area contributed by atoms with Gasteiger partial charge in [-0.25, -0.2) is 0 Å². The largest absolute Gasteiger partial charge is 0.394 e. The van der Waals surface area contributed by atoms with E-state index in [0.717, 1.165) is 0 Å². The van der Waals surface area contributed by atoms with E-state index in [4.69, 9.17) is 16.9 Å². The third-order valence-corrected chi connectivity index (χ3v) is 5.37. The fourth-order valence-electron chi connectivity index (χ4n) is 3.35. The van der Waals surface area contributed by atoms with Crippen molar-refractivity contribution in [2.45, 2.75) is 43.6 Å². The lowest BCUT2D eigenvalue weighted by Gasteiger charge is -2.33. The van der Waals surface area contributed by atoms with Crippen molar-refractivity contribution in [1.82, 2.24) is 37.2 Å². The predicted molar refractivity (Wildman–Crippen MR) is 122 cm³/mol. The molecule has 13 N–H and O–H groups in total. The molecule has 2 aliphatic rings. The van der Waals surface area contributed by atoms with Crippen LogP contribution in [0.4, 0.5) is 0 Å². The molecule has 0 aromatic carbocycles. The van der Waals surface area contributed by atoms with E-state index >= 15 is 0 Å². The zero-order chi connectivity index (χ0) is 26.1. The number of hydrogen-bond acceptors (Lipinski definition) is 9. The van der Waals surface area contributed by atoms with Crippen LogP contribution in [0, 0.1) is 5.41 Å². The maximum absolute atomic E-state index is 13.0. The lowest BCUT2D eigenvalue weighted by atomic mass is 10.0. The Hall–Kier alpha value is -3.76. The number of aliphatic hydroxyl groups excluding tert-OH is 1. The molecule has 16 heteroatoms. The van der Waals surface area contributed by atoms with E-state index in [1.54, 1.807) is 0 Å². The average Bonchev–Trinajstić information content (AvgIpc) is 2.84. The van der Waals surface area contributed by atoms with E-state index in [1.165, 1.54) is 13.0 Å². The summed E-state index contributed by atoms with van der Waals surface area (Å²) in [7, 11) is 0. The van der Waals surface area contributed by atoms with Crippen molar-refractivity contribution in [2.75, 3.05) is 26.2 Å². The number of hydrogen-bond donors (Lipinski definition) is 11. The first-order valence-corrected chi connectivity index (χ1v) is 10.9. The maximum atomic E-state index is 13.0. The molecule has 0 bridgehead atoms. The Bertz CT molecular complexity index is 893. The normalized spacial score (nSPS) is 30.7. The summed E-state index contributed by atoms with van der Waals surface area (Å²) in [5.41, 5.74) is 11.2. The highest BCUT2D eigenvalue weighted by atomic mass is 16.3. The van der Waals surface area contributed by atoms with Gasteiger partial charge in [-0.15, -0.1) is 0 Å². The number of amides is 5. The monoisotopic (exact) mass is 496 g/mol. The molecule has 2 heterocycles. The molecule has 16 nitrogen and oxygen atoms in total. The zero-order valence-corrected chi connectivity index (χ0v) is 19.1. The van der Waals surface area contributed by atoms with Crippen LogP contribution in [0.1, 0.15) is 13.3 Å². The Kier molecular flexibility index (Phi) is 9.92. The topological polar surface area (TPSA) is 266 Å². The molecule has 5 atom stereocenters. The molecule has 194 valence electrons. The molecule has 2 saturated heterocycles. The molecule has 0 radical (unpaired) electrons. The van der Waals surface area contributed by atoms with Gasteiger partial charge in [-0.3, -0.25) is 29.4 Å². The zero-order valence-electron chi connectivity index (χ0n) is 19.1. The fraction of sp³-hybridized carbons (Fsp3) is 0.579. The summed E-state index contributed by atoms with van der Waals surface area (Å²) in [6.07, 6.45) is 1.66. The number of carbonyl (C=O) groups excluding carboxylic acids is 5. The molecule has 2 unspecified atom stereocenters. The highest BCUT2D eigenvalue weighted by molar-refractivity contribution is 6.02. The molecule has 0 aromatic rings. The van der Waals surface area contributed by atoms with Crippen molar-refractivity contribution in [3.05, 3.63) is 11.8 Å². The van der Waals surface area contributed by atoms with E-state index in [0.29, 0.717) is 13.0 Å². The highest BCUT2D eigenvalue weighted by Gasteiger charge is 2.34. The van der Waals surface area contributed by atoms with Gasteiger partial charge in [0.05, 0.1) is 12.6 Å². The van der Waals surface area contributed by atoms with Gasteiger partial charge in [0.1, 0.15) is 29.9 Å². The lowest BCUT2D eigenvalue weighted by Crippen LogP contribution is -2.65. The average molecular weight is 497 g/mol.